The number of nitrogen functional groups attached to an aromatic ring is 1. The van der Waals surface area contributed by atoms with E-state index >= 15 is 0 Å². The summed E-state index contributed by atoms with van der Waals surface area (Å²) in [6.07, 6.45) is 1.31. The minimum atomic E-state index is -0.393. The fourth-order valence-electron chi connectivity index (χ4n) is 1.52. The van der Waals surface area contributed by atoms with Crippen LogP contribution in [0.2, 0.25) is 0 Å². The Morgan fingerprint density at radius 2 is 1.94 bits per heavy atom. The molecule has 2 rings (SSSR count). The first kappa shape index (κ1) is 12.2. The molecule has 5 nitrogen and oxygen atoms in total. The number of hydrogen-bond donors (Lipinski definition) is 2. The maximum Gasteiger partial charge on any atom is 0.295 e. The zero-order chi connectivity index (χ0) is 13.1. The Morgan fingerprint density at radius 1 is 1.28 bits per heavy atom. The Hall–Kier alpha value is -2.30. The Balaban J connectivity index is 2.21. The van der Waals surface area contributed by atoms with Crippen LogP contribution in [0.25, 0.3) is 0 Å². The minimum absolute atomic E-state index is 0.0718. The fourth-order valence-corrected chi connectivity index (χ4v) is 1.52. The highest BCUT2D eigenvalue weighted by Crippen LogP contribution is 2.21. The average Bonchev–Trinajstić information content (AvgIpc) is 2.33. The molecular formula is C13H15N3O2. The standard InChI is InChI=1S/C13H15N3O2/c1-8(2)9-3-5-10(6-4-9)18-11-7-15-13(14)16-12(11)17/h3-8H,1-2H3,(H3,14,15,16,17). The quantitative estimate of drug-likeness (QED) is 0.869. The van der Waals surface area contributed by atoms with E-state index in [1.807, 2.05) is 24.3 Å². The third-order valence-electron chi connectivity index (χ3n) is 2.56. The zero-order valence-corrected chi connectivity index (χ0v) is 10.3. The molecule has 0 aliphatic rings. The van der Waals surface area contributed by atoms with Crippen LogP contribution in [0.1, 0.15) is 25.3 Å². The summed E-state index contributed by atoms with van der Waals surface area (Å²) in [5.74, 6) is 1.25. The highest BCUT2D eigenvalue weighted by atomic mass is 16.5. The second-order valence-electron chi connectivity index (χ2n) is 4.29. The minimum Gasteiger partial charge on any atom is -0.450 e. The number of benzene rings is 1. The van der Waals surface area contributed by atoms with Gasteiger partial charge in [-0.2, -0.15) is 0 Å². The summed E-state index contributed by atoms with van der Waals surface area (Å²) in [7, 11) is 0. The van der Waals surface area contributed by atoms with Gasteiger partial charge >= 0.3 is 0 Å². The van der Waals surface area contributed by atoms with E-state index in [1.54, 1.807) is 0 Å². The van der Waals surface area contributed by atoms with Crippen molar-refractivity contribution in [1.82, 2.24) is 9.97 Å². The van der Waals surface area contributed by atoms with Crippen molar-refractivity contribution in [3.8, 4) is 11.5 Å². The molecule has 0 aliphatic heterocycles. The number of ether oxygens (including phenoxy) is 1. The topological polar surface area (TPSA) is 81.0 Å². The van der Waals surface area contributed by atoms with Crippen molar-refractivity contribution >= 4 is 5.95 Å². The smallest absolute Gasteiger partial charge is 0.295 e. The normalized spacial score (nSPS) is 10.6. The SMILES string of the molecule is CC(C)c1ccc(Oc2cnc(N)[nH]c2=O)cc1. The third-order valence-corrected chi connectivity index (χ3v) is 2.56. The molecule has 0 fully saturated rings. The lowest BCUT2D eigenvalue weighted by atomic mass is 10.0. The lowest BCUT2D eigenvalue weighted by Crippen LogP contribution is -2.12. The van der Waals surface area contributed by atoms with E-state index in [2.05, 4.69) is 23.8 Å². The van der Waals surface area contributed by atoms with Crippen molar-refractivity contribution in [2.75, 3.05) is 5.73 Å². The van der Waals surface area contributed by atoms with Gasteiger partial charge in [0.25, 0.3) is 5.56 Å². The fraction of sp³-hybridized carbons (Fsp3) is 0.231. The number of aromatic amines is 1. The van der Waals surface area contributed by atoms with Gasteiger partial charge in [-0.05, 0) is 23.6 Å². The van der Waals surface area contributed by atoms with Crippen LogP contribution in [0, 0.1) is 0 Å². The van der Waals surface area contributed by atoms with Gasteiger partial charge in [-0.25, -0.2) is 4.98 Å². The maximum atomic E-state index is 11.5. The van der Waals surface area contributed by atoms with E-state index in [9.17, 15) is 4.79 Å². The van der Waals surface area contributed by atoms with Crippen LogP contribution in [0.5, 0.6) is 11.5 Å². The van der Waals surface area contributed by atoms with Crippen molar-refractivity contribution < 1.29 is 4.74 Å². The van der Waals surface area contributed by atoms with Crippen LogP contribution in [-0.2, 0) is 0 Å². The summed E-state index contributed by atoms with van der Waals surface area (Å²) in [4.78, 5) is 17.7. The number of nitrogens with zero attached hydrogens (tertiary/aromatic N) is 1. The number of H-pyrrole nitrogens is 1. The van der Waals surface area contributed by atoms with Crippen LogP contribution in [-0.4, -0.2) is 9.97 Å². The summed E-state index contributed by atoms with van der Waals surface area (Å²) in [5.41, 5.74) is 6.17. The Labute approximate surface area is 105 Å². The number of anilines is 1. The number of nitrogens with one attached hydrogen (secondary N) is 1. The average molecular weight is 245 g/mol. The molecule has 1 heterocycles. The van der Waals surface area contributed by atoms with E-state index in [0.29, 0.717) is 11.7 Å². The van der Waals surface area contributed by atoms with Crippen LogP contribution in [0.3, 0.4) is 0 Å². The molecule has 0 bridgehead atoms. The lowest BCUT2D eigenvalue weighted by Gasteiger charge is -2.07. The molecule has 1 aromatic heterocycles. The number of aromatic nitrogens is 2. The van der Waals surface area contributed by atoms with Crippen LogP contribution >= 0.6 is 0 Å². The molecule has 1 aromatic carbocycles. The molecule has 0 spiro atoms. The highest BCUT2D eigenvalue weighted by Gasteiger charge is 2.04. The molecule has 3 N–H and O–H groups in total. The molecule has 0 radical (unpaired) electrons. The first-order valence-corrected chi connectivity index (χ1v) is 5.69. The molecule has 94 valence electrons. The molecule has 18 heavy (non-hydrogen) atoms. The van der Waals surface area contributed by atoms with Gasteiger partial charge in [0.2, 0.25) is 5.75 Å². The van der Waals surface area contributed by atoms with E-state index < -0.39 is 5.56 Å². The van der Waals surface area contributed by atoms with Crippen molar-refractivity contribution in [1.29, 1.82) is 0 Å². The summed E-state index contributed by atoms with van der Waals surface area (Å²) < 4.78 is 5.44. The van der Waals surface area contributed by atoms with Crippen LogP contribution < -0.4 is 16.0 Å². The summed E-state index contributed by atoms with van der Waals surface area (Å²) >= 11 is 0. The van der Waals surface area contributed by atoms with Gasteiger partial charge < -0.3 is 10.5 Å². The number of rotatable bonds is 3. The lowest BCUT2D eigenvalue weighted by molar-refractivity contribution is 0.472. The summed E-state index contributed by atoms with van der Waals surface area (Å²) in [6, 6.07) is 7.59. The second-order valence-corrected chi connectivity index (χ2v) is 4.29. The number of hydrogen-bond acceptors (Lipinski definition) is 4. The summed E-state index contributed by atoms with van der Waals surface area (Å²) in [5, 5.41) is 0. The first-order chi connectivity index (χ1) is 8.56. The maximum absolute atomic E-state index is 11.5. The van der Waals surface area contributed by atoms with Crippen molar-refractivity contribution in [2.45, 2.75) is 19.8 Å². The van der Waals surface area contributed by atoms with Gasteiger partial charge in [-0.1, -0.05) is 26.0 Å². The van der Waals surface area contributed by atoms with Crippen molar-refractivity contribution in [2.24, 2.45) is 0 Å². The molecule has 2 aromatic rings. The van der Waals surface area contributed by atoms with Gasteiger partial charge in [0.1, 0.15) is 5.75 Å². The van der Waals surface area contributed by atoms with E-state index in [4.69, 9.17) is 10.5 Å². The van der Waals surface area contributed by atoms with E-state index in [-0.39, 0.29) is 11.7 Å². The van der Waals surface area contributed by atoms with Crippen LogP contribution in [0.4, 0.5) is 5.95 Å². The van der Waals surface area contributed by atoms with Crippen molar-refractivity contribution in [3.05, 3.63) is 46.4 Å². The number of nitrogens with two attached hydrogens (primary N) is 1. The largest absolute Gasteiger partial charge is 0.450 e. The molecule has 0 saturated carbocycles. The van der Waals surface area contributed by atoms with E-state index in [0.717, 1.165) is 0 Å². The molecule has 0 aliphatic carbocycles. The molecule has 0 atom stereocenters. The highest BCUT2D eigenvalue weighted by molar-refractivity contribution is 5.33. The zero-order valence-electron chi connectivity index (χ0n) is 10.3. The molecule has 0 saturated heterocycles. The molecular weight excluding hydrogens is 230 g/mol. The van der Waals surface area contributed by atoms with Gasteiger partial charge in [0, 0.05) is 0 Å². The van der Waals surface area contributed by atoms with Gasteiger partial charge in [0.05, 0.1) is 6.20 Å². The van der Waals surface area contributed by atoms with Gasteiger partial charge in [0.15, 0.2) is 5.95 Å². The molecule has 5 heteroatoms. The van der Waals surface area contributed by atoms with Crippen molar-refractivity contribution in [3.63, 3.8) is 0 Å². The monoisotopic (exact) mass is 245 g/mol. The van der Waals surface area contributed by atoms with Gasteiger partial charge in [-0.3, -0.25) is 9.78 Å². The Bertz CT molecular complexity index is 588. The Morgan fingerprint density at radius 3 is 2.50 bits per heavy atom. The molecule has 0 unspecified atom stereocenters. The van der Waals surface area contributed by atoms with Crippen LogP contribution in [0.15, 0.2) is 35.3 Å². The first-order valence-electron chi connectivity index (χ1n) is 5.69. The summed E-state index contributed by atoms with van der Waals surface area (Å²) in [6.45, 7) is 4.23. The Kier molecular flexibility index (Phi) is 3.32. The predicted molar refractivity (Wildman–Crippen MR) is 69.9 cm³/mol. The van der Waals surface area contributed by atoms with Gasteiger partial charge in [-0.15, -0.1) is 0 Å². The van der Waals surface area contributed by atoms with E-state index in [1.165, 1.54) is 11.8 Å². The second kappa shape index (κ2) is 4.91. The predicted octanol–water partition coefficient (Wildman–Crippen LogP) is 2.27. The molecule has 0 amide bonds. The third kappa shape index (κ3) is 2.68.